The summed E-state index contributed by atoms with van der Waals surface area (Å²) in [6.07, 6.45) is -0.662. The predicted molar refractivity (Wildman–Crippen MR) is 101 cm³/mol. The number of carbonyl (C=O) groups excluding carboxylic acids is 2. The lowest BCUT2D eigenvalue weighted by atomic mass is 10.2. The molecule has 0 saturated carbocycles. The molecule has 25 heavy (non-hydrogen) atoms. The third-order valence-corrected chi connectivity index (χ3v) is 4.00. The molecule has 0 aromatic heterocycles. The van der Waals surface area contributed by atoms with Crippen LogP contribution in [-0.4, -0.2) is 23.8 Å². The van der Waals surface area contributed by atoms with E-state index >= 15 is 0 Å². The molecule has 5 nitrogen and oxygen atoms in total. The second kappa shape index (κ2) is 9.96. The van der Waals surface area contributed by atoms with Crippen molar-refractivity contribution in [3.63, 3.8) is 0 Å². The topological polar surface area (TPSA) is 67.4 Å². The number of amides is 2. The Kier molecular flexibility index (Phi) is 7.63. The summed E-state index contributed by atoms with van der Waals surface area (Å²) >= 11 is 9.93. The minimum Gasteiger partial charge on any atom is -0.445 e. The Bertz CT molecular complexity index is 695. The van der Waals surface area contributed by atoms with Gasteiger partial charge in [-0.2, -0.15) is 12.6 Å². The van der Waals surface area contributed by atoms with Gasteiger partial charge in [-0.05, 0) is 23.3 Å². The van der Waals surface area contributed by atoms with Gasteiger partial charge in [0.2, 0.25) is 5.91 Å². The predicted octanol–water partition coefficient (Wildman–Crippen LogP) is 3.18. The first-order valence-electron chi connectivity index (χ1n) is 7.68. The highest BCUT2D eigenvalue weighted by Crippen LogP contribution is 2.09. The number of hydrogen-bond acceptors (Lipinski definition) is 4. The highest BCUT2D eigenvalue weighted by molar-refractivity contribution is 7.80. The van der Waals surface area contributed by atoms with Crippen molar-refractivity contribution < 1.29 is 14.3 Å². The Morgan fingerprint density at radius 3 is 2.36 bits per heavy atom. The summed E-state index contributed by atoms with van der Waals surface area (Å²) < 4.78 is 5.11. The highest BCUT2D eigenvalue weighted by atomic mass is 35.5. The Morgan fingerprint density at radius 2 is 1.72 bits per heavy atom. The molecule has 0 unspecified atom stereocenters. The molecule has 1 atom stereocenters. The molecule has 132 valence electrons. The van der Waals surface area contributed by atoms with E-state index in [2.05, 4.69) is 23.3 Å². The van der Waals surface area contributed by atoms with Gasteiger partial charge in [0.05, 0.1) is 0 Å². The molecule has 2 rings (SSSR count). The second-order valence-corrected chi connectivity index (χ2v) is 6.09. The number of nitrogens with one attached hydrogen (secondary N) is 2. The number of hydrogen-bond donors (Lipinski definition) is 3. The van der Waals surface area contributed by atoms with Crippen molar-refractivity contribution in [3.05, 3.63) is 70.7 Å². The Labute approximate surface area is 157 Å². The van der Waals surface area contributed by atoms with Crippen molar-refractivity contribution in [3.8, 4) is 0 Å². The molecule has 2 aromatic carbocycles. The van der Waals surface area contributed by atoms with Crippen LogP contribution in [0.15, 0.2) is 54.6 Å². The molecule has 0 aliphatic heterocycles. The first-order chi connectivity index (χ1) is 12.1. The lowest BCUT2D eigenvalue weighted by Gasteiger charge is -2.16. The zero-order chi connectivity index (χ0) is 18.1. The van der Waals surface area contributed by atoms with Gasteiger partial charge in [0.25, 0.3) is 0 Å². The fourth-order valence-electron chi connectivity index (χ4n) is 2.02. The van der Waals surface area contributed by atoms with Crippen LogP contribution in [0.1, 0.15) is 11.1 Å². The monoisotopic (exact) mass is 378 g/mol. The number of halogens is 1. The molecule has 2 aromatic rings. The van der Waals surface area contributed by atoms with Gasteiger partial charge in [0, 0.05) is 17.3 Å². The van der Waals surface area contributed by atoms with Gasteiger partial charge in [0.1, 0.15) is 12.6 Å². The Balaban J connectivity index is 1.78. The number of alkyl carbamates (subject to hydrolysis) is 1. The van der Waals surface area contributed by atoms with E-state index < -0.39 is 12.1 Å². The summed E-state index contributed by atoms with van der Waals surface area (Å²) in [6, 6.07) is 15.7. The first-order valence-corrected chi connectivity index (χ1v) is 8.69. The molecule has 0 aliphatic rings. The number of benzene rings is 2. The second-order valence-electron chi connectivity index (χ2n) is 5.29. The van der Waals surface area contributed by atoms with Gasteiger partial charge in [0.15, 0.2) is 0 Å². The summed E-state index contributed by atoms with van der Waals surface area (Å²) in [5.41, 5.74) is 1.77. The molecule has 0 bridgehead atoms. The summed E-state index contributed by atoms with van der Waals surface area (Å²) in [4.78, 5) is 24.0. The normalized spacial score (nSPS) is 11.4. The summed E-state index contributed by atoms with van der Waals surface area (Å²) in [7, 11) is 0. The fraction of sp³-hybridized carbons (Fsp3) is 0.222. The van der Waals surface area contributed by atoms with E-state index in [0.717, 1.165) is 11.1 Å². The van der Waals surface area contributed by atoms with Crippen LogP contribution in [-0.2, 0) is 22.7 Å². The summed E-state index contributed by atoms with van der Waals surface area (Å²) in [5, 5.41) is 5.89. The number of rotatable bonds is 7. The van der Waals surface area contributed by atoms with E-state index in [1.807, 2.05) is 42.5 Å². The number of ether oxygens (including phenoxy) is 1. The van der Waals surface area contributed by atoms with Crippen molar-refractivity contribution in [1.82, 2.24) is 10.6 Å². The van der Waals surface area contributed by atoms with Gasteiger partial charge >= 0.3 is 6.09 Å². The third-order valence-electron chi connectivity index (χ3n) is 3.38. The van der Waals surface area contributed by atoms with Crippen LogP contribution in [0.4, 0.5) is 4.79 Å². The van der Waals surface area contributed by atoms with Crippen LogP contribution >= 0.6 is 24.2 Å². The lowest BCUT2D eigenvalue weighted by molar-refractivity contribution is -0.122. The standard InChI is InChI=1S/C18H19ClN2O3S/c19-15-8-6-13(7-9-15)10-20-17(22)16(12-25)21-18(23)24-11-14-4-2-1-3-5-14/h1-9,16,25H,10-12H2,(H,20,22)(H,21,23)/t16-/m0/s1. The van der Waals surface area contributed by atoms with E-state index in [-0.39, 0.29) is 18.3 Å². The minimum atomic E-state index is -0.779. The van der Waals surface area contributed by atoms with E-state index in [4.69, 9.17) is 16.3 Å². The van der Waals surface area contributed by atoms with E-state index in [9.17, 15) is 9.59 Å². The zero-order valence-electron chi connectivity index (χ0n) is 13.4. The lowest BCUT2D eigenvalue weighted by Crippen LogP contribution is -2.47. The Hall–Kier alpha value is -2.18. The van der Waals surface area contributed by atoms with Gasteiger partial charge < -0.3 is 15.4 Å². The van der Waals surface area contributed by atoms with Crippen LogP contribution in [0, 0.1) is 0 Å². The molecular formula is C18H19ClN2O3S. The van der Waals surface area contributed by atoms with Crippen molar-refractivity contribution in [1.29, 1.82) is 0 Å². The molecule has 0 saturated heterocycles. The third kappa shape index (κ3) is 6.68. The zero-order valence-corrected chi connectivity index (χ0v) is 15.1. The quantitative estimate of drug-likeness (QED) is 0.648. The van der Waals surface area contributed by atoms with Crippen molar-refractivity contribution in [2.24, 2.45) is 0 Å². The SMILES string of the molecule is O=C(N[C@@H](CS)C(=O)NCc1ccc(Cl)cc1)OCc1ccccc1. The molecule has 0 heterocycles. The average molecular weight is 379 g/mol. The fourth-order valence-corrected chi connectivity index (χ4v) is 2.40. The maximum absolute atomic E-state index is 12.2. The first kappa shape index (κ1) is 19.1. The maximum atomic E-state index is 12.2. The van der Waals surface area contributed by atoms with Gasteiger partial charge in [-0.1, -0.05) is 54.1 Å². The molecule has 7 heteroatoms. The molecule has 0 radical (unpaired) electrons. The molecule has 0 fully saturated rings. The van der Waals surface area contributed by atoms with Crippen LogP contribution < -0.4 is 10.6 Å². The van der Waals surface area contributed by atoms with Gasteiger partial charge in [-0.3, -0.25) is 4.79 Å². The van der Waals surface area contributed by atoms with Crippen LogP contribution in [0.3, 0.4) is 0 Å². The van der Waals surface area contributed by atoms with Crippen molar-refractivity contribution in [2.75, 3.05) is 5.75 Å². The largest absolute Gasteiger partial charge is 0.445 e. The van der Waals surface area contributed by atoms with Gasteiger partial charge in [-0.15, -0.1) is 0 Å². The van der Waals surface area contributed by atoms with Crippen molar-refractivity contribution in [2.45, 2.75) is 19.2 Å². The van der Waals surface area contributed by atoms with Crippen LogP contribution in [0.25, 0.3) is 0 Å². The van der Waals surface area contributed by atoms with Crippen LogP contribution in [0.5, 0.6) is 0 Å². The van der Waals surface area contributed by atoms with E-state index in [0.29, 0.717) is 11.6 Å². The molecule has 2 N–H and O–H groups in total. The molecule has 0 spiro atoms. The smallest absolute Gasteiger partial charge is 0.408 e. The van der Waals surface area contributed by atoms with Crippen molar-refractivity contribution >= 4 is 36.2 Å². The molecular weight excluding hydrogens is 360 g/mol. The number of thiol groups is 1. The summed E-state index contributed by atoms with van der Waals surface area (Å²) in [6.45, 7) is 0.472. The van der Waals surface area contributed by atoms with E-state index in [1.165, 1.54) is 0 Å². The average Bonchev–Trinajstić information content (AvgIpc) is 2.64. The number of carbonyl (C=O) groups is 2. The highest BCUT2D eigenvalue weighted by Gasteiger charge is 2.19. The maximum Gasteiger partial charge on any atom is 0.408 e. The van der Waals surface area contributed by atoms with Crippen LogP contribution in [0.2, 0.25) is 5.02 Å². The molecule has 0 aliphatic carbocycles. The van der Waals surface area contributed by atoms with Gasteiger partial charge in [-0.25, -0.2) is 4.79 Å². The minimum absolute atomic E-state index is 0.137. The molecule has 2 amide bonds. The summed E-state index contributed by atoms with van der Waals surface area (Å²) in [5.74, 6) is -0.172. The Morgan fingerprint density at radius 1 is 1.04 bits per heavy atom. The van der Waals surface area contributed by atoms with E-state index in [1.54, 1.807) is 12.1 Å².